The van der Waals surface area contributed by atoms with Gasteiger partial charge >= 0.3 is 0 Å². The molecule has 6 nitrogen and oxygen atoms in total. The summed E-state index contributed by atoms with van der Waals surface area (Å²) in [5, 5.41) is 2.87. The Labute approximate surface area is 137 Å². The second-order valence-electron chi connectivity index (χ2n) is 6.44. The molecule has 1 aromatic carbocycles. The fourth-order valence-electron chi connectivity index (χ4n) is 2.91. The molecule has 0 radical (unpaired) electrons. The normalized spacial score (nSPS) is 23.0. The molecule has 1 amide bonds. The number of hydrogen-bond acceptors (Lipinski definition) is 5. The highest BCUT2D eigenvalue weighted by Gasteiger charge is 2.39. The van der Waals surface area contributed by atoms with E-state index in [0.717, 1.165) is 11.3 Å². The van der Waals surface area contributed by atoms with Crippen LogP contribution in [0.3, 0.4) is 0 Å². The van der Waals surface area contributed by atoms with E-state index in [1.54, 1.807) is 14.0 Å². The lowest BCUT2D eigenvalue weighted by Crippen LogP contribution is -2.49. The molecule has 23 heavy (non-hydrogen) atoms. The fourth-order valence-corrected chi connectivity index (χ4v) is 5.00. The smallest absolute Gasteiger partial charge is 0.234 e. The number of amides is 1. The van der Waals surface area contributed by atoms with Gasteiger partial charge in [-0.1, -0.05) is 18.2 Å². The first kappa shape index (κ1) is 17.7. The Balaban J connectivity index is 1.90. The molecule has 1 heterocycles. The van der Waals surface area contributed by atoms with Gasteiger partial charge in [0.15, 0.2) is 9.84 Å². The molecular formula is C16H24N2O4S. The van der Waals surface area contributed by atoms with Crippen LogP contribution in [0.5, 0.6) is 5.75 Å². The molecule has 128 valence electrons. The minimum absolute atomic E-state index is 0.0158. The van der Waals surface area contributed by atoms with Gasteiger partial charge in [0.05, 0.1) is 30.7 Å². The Kier molecular flexibility index (Phi) is 5.31. The highest BCUT2D eigenvalue weighted by molar-refractivity contribution is 7.91. The lowest BCUT2D eigenvalue weighted by molar-refractivity contribution is -0.123. The van der Waals surface area contributed by atoms with Gasteiger partial charge in [0, 0.05) is 12.1 Å². The van der Waals surface area contributed by atoms with Crippen LogP contribution in [0.15, 0.2) is 24.3 Å². The van der Waals surface area contributed by atoms with Gasteiger partial charge in [0.2, 0.25) is 5.91 Å². The number of nitrogens with zero attached hydrogens (tertiary/aromatic N) is 1. The zero-order valence-corrected chi connectivity index (χ0v) is 14.6. The third kappa shape index (κ3) is 4.94. The van der Waals surface area contributed by atoms with Crippen molar-refractivity contribution in [3.05, 3.63) is 29.8 Å². The highest BCUT2D eigenvalue weighted by atomic mass is 32.2. The number of carbonyl (C=O) groups excluding carboxylic acids is 1. The van der Waals surface area contributed by atoms with Crippen LogP contribution in [-0.4, -0.2) is 57.0 Å². The summed E-state index contributed by atoms with van der Waals surface area (Å²) >= 11 is 0. The predicted molar refractivity (Wildman–Crippen MR) is 89.1 cm³/mol. The van der Waals surface area contributed by atoms with E-state index in [1.165, 1.54) is 0 Å². The number of nitrogens with one attached hydrogen (secondary N) is 1. The molecule has 0 spiro atoms. The molecule has 0 unspecified atom stereocenters. The monoisotopic (exact) mass is 340 g/mol. The van der Waals surface area contributed by atoms with E-state index in [-0.39, 0.29) is 24.0 Å². The number of rotatable bonds is 6. The number of para-hydroxylation sites is 1. The van der Waals surface area contributed by atoms with Crippen LogP contribution in [-0.2, 0) is 21.2 Å². The summed E-state index contributed by atoms with van der Waals surface area (Å²) in [6, 6.07) is 7.67. The quantitative estimate of drug-likeness (QED) is 0.830. The molecule has 7 heteroatoms. The van der Waals surface area contributed by atoms with Crippen molar-refractivity contribution < 1.29 is 17.9 Å². The second-order valence-corrected chi connectivity index (χ2v) is 8.62. The van der Waals surface area contributed by atoms with Crippen molar-refractivity contribution in [2.45, 2.75) is 25.4 Å². The minimum Gasteiger partial charge on any atom is -0.496 e. The van der Waals surface area contributed by atoms with E-state index in [2.05, 4.69) is 5.32 Å². The van der Waals surface area contributed by atoms with Gasteiger partial charge in [-0.15, -0.1) is 0 Å². The summed E-state index contributed by atoms with van der Waals surface area (Å²) in [6.45, 7) is 2.57. The zero-order chi connectivity index (χ0) is 17.1. The molecule has 1 saturated heterocycles. The Hall–Kier alpha value is -1.60. The van der Waals surface area contributed by atoms with Crippen molar-refractivity contribution in [3.63, 3.8) is 0 Å². The molecule has 1 aliphatic rings. The molecule has 2 rings (SSSR count). The maximum atomic E-state index is 12.2. The van der Waals surface area contributed by atoms with Gasteiger partial charge in [-0.2, -0.15) is 0 Å². The fraction of sp³-hybridized carbons (Fsp3) is 0.562. The number of methoxy groups -OCH3 is 1. The Morgan fingerprint density at radius 1 is 1.39 bits per heavy atom. The van der Waals surface area contributed by atoms with Crippen LogP contribution < -0.4 is 10.1 Å². The molecule has 1 aliphatic heterocycles. The van der Waals surface area contributed by atoms with E-state index in [4.69, 9.17) is 4.74 Å². The summed E-state index contributed by atoms with van der Waals surface area (Å²) in [4.78, 5) is 14.1. The highest BCUT2D eigenvalue weighted by Crippen LogP contribution is 2.23. The van der Waals surface area contributed by atoms with Crippen LogP contribution in [0.1, 0.15) is 18.9 Å². The molecule has 1 atom stereocenters. The van der Waals surface area contributed by atoms with Crippen LogP contribution in [0.4, 0.5) is 0 Å². The Morgan fingerprint density at radius 3 is 2.70 bits per heavy atom. The second kappa shape index (κ2) is 6.88. The number of ether oxygens (including phenoxy) is 1. The van der Waals surface area contributed by atoms with Crippen molar-refractivity contribution in [2.75, 3.05) is 32.2 Å². The molecule has 0 saturated carbocycles. The van der Waals surface area contributed by atoms with Crippen LogP contribution >= 0.6 is 0 Å². The number of likely N-dealkylation sites (N-methyl/N-ethyl adjacent to an activating group) is 1. The van der Waals surface area contributed by atoms with E-state index in [9.17, 15) is 13.2 Å². The largest absolute Gasteiger partial charge is 0.496 e. The topological polar surface area (TPSA) is 75.7 Å². The van der Waals surface area contributed by atoms with E-state index < -0.39 is 15.4 Å². The van der Waals surface area contributed by atoms with Gasteiger partial charge in [-0.25, -0.2) is 8.42 Å². The molecule has 1 fully saturated rings. The first-order chi connectivity index (χ1) is 10.7. The number of hydrogen-bond donors (Lipinski definition) is 1. The summed E-state index contributed by atoms with van der Waals surface area (Å²) in [5.41, 5.74) is 0.348. The number of carbonyl (C=O) groups is 1. The molecular weight excluding hydrogens is 316 g/mol. The summed E-state index contributed by atoms with van der Waals surface area (Å²) in [6.07, 6.45) is 0.470. The Morgan fingerprint density at radius 2 is 2.09 bits per heavy atom. The van der Waals surface area contributed by atoms with E-state index >= 15 is 0 Å². The first-order valence-electron chi connectivity index (χ1n) is 7.55. The van der Waals surface area contributed by atoms with Gasteiger partial charge in [-0.3, -0.25) is 9.69 Å². The van der Waals surface area contributed by atoms with Crippen molar-refractivity contribution in [1.29, 1.82) is 0 Å². The SMILES string of the molecule is COc1ccccc1CN(C)CC(=O)N[C@]1(C)CCS(=O)(=O)C1. The lowest BCUT2D eigenvalue weighted by atomic mass is 10.0. The van der Waals surface area contributed by atoms with E-state index in [0.29, 0.717) is 13.0 Å². The maximum Gasteiger partial charge on any atom is 0.234 e. The number of benzene rings is 1. The Bertz CT molecular complexity index is 674. The minimum atomic E-state index is -3.03. The van der Waals surface area contributed by atoms with Crippen LogP contribution in [0.2, 0.25) is 0 Å². The van der Waals surface area contributed by atoms with Crippen molar-refractivity contribution in [2.24, 2.45) is 0 Å². The standard InChI is InChI=1S/C16H24N2O4S/c1-16(8-9-23(20,21)12-16)17-15(19)11-18(2)10-13-6-4-5-7-14(13)22-3/h4-7H,8-12H2,1-3H3,(H,17,19)/t16-/m1/s1. The van der Waals surface area contributed by atoms with Gasteiger partial charge in [0.1, 0.15) is 5.75 Å². The average molecular weight is 340 g/mol. The van der Waals surface area contributed by atoms with Crippen LogP contribution in [0, 0.1) is 0 Å². The summed E-state index contributed by atoms with van der Waals surface area (Å²) in [5.74, 6) is 0.776. The van der Waals surface area contributed by atoms with Crippen molar-refractivity contribution in [1.82, 2.24) is 10.2 Å². The molecule has 0 aromatic heterocycles. The molecule has 0 bridgehead atoms. The average Bonchev–Trinajstić information content (AvgIpc) is 2.72. The first-order valence-corrected chi connectivity index (χ1v) is 9.37. The van der Waals surface area contributed by atoms with Crippen LogP contribution in [0.25, 0.3) is 0 Å². The lowest BCUT2D eigenvalue weighted by Gasteiger charge is -2.26. The molecule has 1 aromatic rings. The van der Waals surface area contributed by atoms with Gasteiger partial charge in [-0.05, 0) is 26.5 Å². The number of sulfone groups is 1. The summed E-state index contributed by atoms with van der Waals surface area (Å²) in [7, 11) is 0.435. The zero-order valence-electron chi connectivity index (χ0n) is 13.8. The summed E-state index contributed by atoms with van der Waals surface area (Å²) < 4.78 is 28.5. The third-order valence-electron chi connectivity index (χ3n) is 3.99. The third-order valence-corrected chi connectivity index (χ3v) is 5.89. The van der Waals surface area contributed by atoms with Gasteiger partial charge in [0.25, 0.3) is 0 Å². The van der Waals surface area contributed by atoms with Crippen molar-refractivity contribution >= 4 is 15.7 Å². The van der Waals surface area contributed by atoms with Gasteiger partial charge < -0.3 is 10.1 Å². The molecule has 1 N–H and O–H groups in total. The molecule has 0 aliphatic carbocycles. The predicted octanol–water partition coefficient (Wildman–Crippen LogP) is 0.820. The maximum absolute atomic E-state index is 12.2. The van der Waals surface area contributed by atoms with E-state index in [1.807, 2.05) is 36.2 Å². The van der Waals surface area contributed by atoms with Crippen molar-refractivity contribution in [3.8, 4) is 5.75 Å².